The van der Waals surface area contributed by atoms with E-state index in [4.69, 9.17) is 0 Å². The molecule has 0 amide bonds. The number of hydrogen-bond acceptors (Lipinski definition) is 0. The normalized spacial score (nSPS) is 37.1. The number of fused-ring (bicyclic) bond motifs is 2. The minimum Gasteiger partial charge on any atom is -0.0770 e. The lowest BCUT2D eigenvalue weighted by molar-refractivity contribution is 0.718. The zero-order valence-corrected chi connectivity index (χ0v) is 10.4. The van der Waals surface area contributed by atoms with Crippen LogP contribution in [0, 0.1) is 17.8 Å². The Balaban J connectivity index is 0.000000404. The molecule has 0 heterocycles. The van der Waals surface area contributed by atoms with Crippen LogP contribution in [0.5, 0.6) is 0 Å². The predicted octanol–water partition coefficient (Wildman–Crippen LogP) is 4.73. The van der Waals surface area contributed by atoms with Crippen LogP contribution >= 0.6 is 0 Å². The van der Waals surface area contributed by atoms with Crippen molar-refractivity contribution >= 4 is 0 Å². The smallest absolute Gasteiger partial charge is 0.0130 e. The molecule has 3 aliphatic rings. The van der Waals surface area contributed by atoms with Crippen molar-refractivity contribution in [2.75, 3.05) is 0 Å². The van der Waals surface area contributed by atoms with E-state index in [9.17, 15) is 0 Å². The summed E-state index contributed by atoms with van der Waals surface area (Å²) in [6, 6.07) is 0. The third kappa shape index (κ3) is 2.04. The molecule has 3 aliphatic carbocycles. The SMILES string of the molecule is CC.CC1C2C=C3CCCCCC3=CC12. The first-order chi connectivity index (χ1) is 7.36. The third-order valence-electron chi connectivity index (χ3n) is 4.11. The standard InChI is InChI=1S/C13H18.C2H6/c1-9-12-7-10-5-3-2-4-6-11(10)8-13(9)12;1-2/h7-9,12-13H,2-6H2,1H3;1-2H3. The van der Waals surface area contributed by atoms with Crippen molar-refractivity contribution in [1.82, 2.24) is 0 Å². The lowest BCUT2D eigenvalue weighted by Gasteiger charge is -2.11. The van der Waals surface area contributed by atoms with E-state index in [0.717, 1.165) is 17.8 Å². The highest BCUT2D eigenvalue weighted by Crippen LogP contribution is 2.53. The van der Waals surface area contributed by atoms with Crippen molar-refractivity contribution in [2.45, 2.75) is 52.9 Å². The molecule has 0 nitrogen and oxygen atoms in total. The summed E-state index contributed by atoms with van der Waals surface area (Å²) in [5.41, 5.74) is 3.42. The number of allylic oxidation sites excluding steroid dienone is 4. The average molecular weight is 204 g/mol. The molecule has 0 aliphatic heterocycles. The van der Waals surface area contributed by atoms with Gasteiger partial charge < -0.3 is 0 Å². The van der Waals surface area contributed by atoms with Crippen molar-refractivity contribution in [1.29, 1.82) is 0 Å². The zero-order chi connectivity index (χ0) is 10.8. The second-order valence-electron chi connectivity index (χ2n) is 4.96. The molecule has 0 saturated heterocycles. The van der Waals surface area contributed by atoms with Gasteiger partial charge in [0.1, 0.15) is 0 Å². The van der Waals surface area contributed by atoms with Crippen molar-refractivity contribution < 1.29 is 0 Å². The Morgan fingerprint density at radius 1 is 0.867 bits per heavy atom. The van der Waals surface area contributed by atoms with Crippen LogP contribution in [0.25, 0.3) is 0 Å². The molecule has 2 saturated carbocycles. The molecule has 0 aromatic carbocycles. The lowest BCUT2D eigenvalue weighted by atomic mass is 9.94. The fraction of sp³-hybridized carbons (Fsp3) is 0.733. The highest BCUT2D eigenvalue weighted by Gasteiger charge is 2.45. The molecule has 0 aromatic rings. The van der Waals surface area contributed by atoms with Crippen LogP contribution < -0.4 is 0 Å². The molecule has 2 atom stereocenters. The van der Waals surface area contributed by atoms with Crippen LogP contribution in [0.2, 0.25) is 0 Å². The maximum atomic E-state index is 2.59. The van der Waals surface area contributed by atoms with Crippen molar-refractivity contribution in [3.63, 3.8) is 0 Å². The second-order valence-corrected chi connectivity index (χ2v) is 4.96. The van der Waals surface area contributed by atoms with Gasteiger partial charge in [-0.3, -0.25) is 0 Å². The van der Waals surface area contributed by atoms with Gasteiger partial charge in [-0.25, -0.2) is 0 Å². The maximum absolute atomic E-state index is 2.59. The van der Waals surface area contributed by atoms with Crippen LogP contribution in [-0.2, 0) is 0 Å². The third-order valence-corrected chi connectivity index (χ3v) is 4.11. The number of hydrogen-bond donors (Lipinski definition) is 0. The summed E-state index contributed by atoms with van der Waals surface area (Å²) in [5.74, 6) is 2.81. The van der Waals surface area contributed by atoms with Gasteiger partial charge in [0.2, 0.25) is 0 Å². The Morgan fingerprint density at radius 2 is 1.33 bits per heavy atom. The van der Waals surface area contributed by atoms with Crippen molar-refractivity contribution in [2.24, 2.45) is 17.8 Å². The molecule has 0 spiro atoms. The fourth-order valence-corrected chi connectivity index (χ4v) is 3.03. The van der Waals surface area contributed by atoms with E-state index in [0.29, 0.717) is 0 Å². The highest BCUT2D eigenvalue weighted by atomic mass is 14.5. The van der Waals surface area contributed by atoms with E-state index >= 15 is 0 Å². The van der Waals surface area contributed by atoms with Gasteiger partial charge in [0.05, 0.1) is 0 Å². The van der Waals surface area contributed by atoms with Crippen molar-refractivity contribution in [3.05, 3.63) is 23.3 Å². The minimum atomic E-state index is 0.928. The molecule has 0 N–H and O–H groups in total. The first-order valence-corrected chi connectivity index (χ1v) is 6.78. The molecular weight excluding hydrogens is 180 g/mol. The van der Waals surface area contributed by atoms with E-state index in [-0.39, 0.29) is 0 Å². The Kier molecular flexibility index (Phi) is 3.33. The summed E-state index contributed by atoms with van der Waals surface area (Å²) >= 11 is 0. The summed E-state index contributed by atoms with van der Waals surface area (Å²) in [5, 5.41) is 0. The van der Waals surface area contributed by atoms with E-state index < -0.39 is 0 Å². The van der Waals surface area contributed by atoms with Gasteiger partial charge in [0.15, 0.2) is 0 Å². The largest absolute Gasteiger partial charge is 0.0770 e. The Morgan fingerprint density at radius 3 is 1.80 bits per heavy atom. The van der Waals surface area contributed by atoms with Gasteiger partial charge >= 0.3 is 0 Å². The minimum absolute atomic E-state index is 0.928. The van der Waals surface area contributed by atoms with Gasteiger partial charge in [-0.2, -0.15) is 0 Å². The molecule has 84 valence electrons. The molecule has 2 unspecified atom stereocenters. The highest BCUT2D eigenvalue weighted by molar-refractivity contribution is 5.40. The lowest BCUT2D eigenvalue weighted by Crippen LogP contribution is -1.94. The summed E-state index contributed by atoms with van der Waals surface area (Å²) in [6.45, 7) is 6.40. The van der Waals surface area contributed by atoms with Crippen LogP contribution in [0.15, 0.2) is 23.3 Å². The molecule has 15 heavy (non-hydrogen) atoms. The first kappa shape index (κ1) is 11.0. The predicted molar refractivity (Wildman–Crippen MR) is 66.7 cm³/mol. The number of rotatable bonds is 0. The maximum Gasteiger partial charge on any atom is -0.0130 e. The summed E-state index contributed by atoms with van der Waals surface area (Å²) in [4.78, 5) is 0. The van der Waals surface area contributed by atoms with Gasteiger partial charge in [0, 0.05) is 0 Å². The molecular formula is C15H24. The molecule has 2 fully saturated rings. The summed E-state index contributed by atoms with van der Waals surface area (Å²) < 4.78 is 0. The van der Waals surface area contributed by atoms with Crippen LogP contribution in [0.1, 0.15) is 52.9 Å². The molecule has 0 radical (unpaired) electrons. The topological polar surface area (TPSA) is 0 Å². The van der Waals surface area contributed by atoms with Crippen LogP contribution in [0.3, 0.4) is 0 Å². The van der Waals surface area contributed by atoms with E-state index in [2.05, 4.69) is 19.1 Å². The Labute approximate surface area is 94.5 Å². The zero-order valence-electron chi connectivity index (χ0n) is 10.4. The quantitative estimate of drug-likeness (QED) is 0.535. The van der Waals surface area contributed by atoms with Gasteiger partial charge in [-0.15, -0.1) is 0 Å². The van der Waals surface area contributed by atoms with E-state index in [1.54, 1.807) is 11.1 Å². The second kappa shape index (κ2) is 4.55. The summed E-state index contributed by atoms with van der Waals surface area (Å²) in [7, 11) is 0. The molecule has 3 rings (SSSR count). The van der Waals surface area contributed by atoms with Crippen LogP contribution in [0.4, 0.5) is 0 Å². The Hall–Kier alpha value is -0.520. The van der Waals surface area contributed by atoms with Crippen LogP contribution in [-0.4, -0.2) is 0 Å². The van der Waals surface area contributed by atoms with E-state index in [1.807, 2.05) is 13.8 Å². The first-order valence-electron chi connectivity index (χ1n) is 6.78. The van der Waals surface area contributed by atoms with Gasteiger partial charge in [-0.1, -0.05) is 39.3 Å². The molecule has 0 aromatic heterocycles. The summed E-state index contributed by atoms with van der Waals surface area (Å²) in [6.07, 6.45) is 12.2. The Bertz CT molecular complexity index is 254. The van der Waals surface area contributed by atoms with Crippen molar-refractivity contribution in [3.8, 4) is 0 Å². The fourth-order valence-electron chi connectivity index (χ4n) is 3.03. The molecule has 0 bridgehead atoms. The van der Waals surface area contributed by atoms with Gasteiger partial charge in [0.25, 0.3) is 0 Å². The van der Waals surface area contributed by atoms with E-state index in [1.165, 1.54) is 32.1 Å². The van der Waals surface area contributed by atoms with Gasteiger partial charge in [-0.05, 0) is 54.6 Å². The molecule has 0 heteroatoms. The monoisotopic (exact) mass is 204 g/mol. The average Bonchev–Trinajstić information content (AvgIpc) is 2.97.